The van der Waals surface area contributed by atoms with Gasteiger partial charge in [-0.15, -0.1) is 0 Å². The van der Waals surface area contributed by atoms with Crippen LogP contribution in [0.25, 0.3) is 0 Å². The average Bonchev–Trinajstić information content (AvgIpc) is 2.95. The van der Waals surface area contributed by atoms with E-state index in [0.717, 1.165) is 9.87 Å². The van der Waals surface area contributed by atoms with Gasteiger partial charge in [0, 0.05) is 21.3 Å². The lowest BCUT2D eigenvalue weighted by atomic mass is 10.1. The van der Waals surface area contributed by atoms with Gasteiger partial charge in [0.05, 0.1) is 16.3 Å². The maximum atomic E-state index is 13.6. The van der Waals surface area contributed by atoms with Crippen LogP contribution in [0.1, 0.15) is 28.4 Å². The second kappa shape index (κ2) is 13.0. The zero-order valence-electron chi connectivity index (χ0n) is 22.1. The van der Waals surface area contributed by atoms with Gasteiger partial charge in [-0.2, -0.15) is 5.10 Å². The molecule has 0 aliphatic heterocycles. The Morgan fingerprint density at radius 1 is 0.829 bits per heavy atom. The lowest BCUT2D eigenvalue weighted by Crippen LogP contribution is -2.39. The van der Waals surface area contributed by atoms with Crippen LogP contribution in [0, 0.1) is 6.92 Å². The summed E-state index contributed by atoms with van der Waals surface area (Å²) in [5, 5.41) is 7.39. The summed E-state index contributed by atoms with van der Waals surface area (Å²) in [6, 6.07) is 26.3. The van der Waals surface area contributed by atoms with Gasteiger partial charge in [-0.3, -0.25) is 13.9 Å². The number of nitrogens with zero attached hydrogens (tertiary/aromatic N) is 2. The lowest BCUT2D eigenvalue weighted by Gasteiger charge is -2.24. The quantitative estimate of drug-likeness (QED) is 0.172. The summed E-state index contributed by atoms with van der Waals surface area (Å²) in [5.41, 5.74) is 5.73. The van der Waals surface area contributed by atoms with Gasteiger partial charge in [-0.25, -0.2) is 13.8 Å². The molecule has 0 saturated heterocycles. The minimum absolute atomic E-state index is 0.00567. The molecule has 41 heavy (non-hydrogen) atoms. The summed E-state index contributed by atoms with van der Waals surface area (Å²) in [5.74, 6) is -0.912. The molecule has 0 aromatic heterocycles. The second-order valence-corrected chi connectivity index (χ2v) is 11.8. The number of nitrogens with one attached hydrogen (secondary N) is 2. The number of hydrazone groups is 1. The van der Waals surface area contributed by atoms with Crippen LogP contribution in [0.3, 0.4) is 0 Å². The van der Waals surface area contributed by atoms with E-state index in [2.05, 4.69) is 15.8 Å². The Balaban J connectivity index is 1.49. The maximum Gasteiger partial charge on any atom is 0.264 e. The van der Waals surface area contributed by atoms with Crippen molar-refractivity contribution in [2.75, 3.05) is 16.2 Å². The zero-order valence-corrected chi connectivity index (χ0v) is 24.5. The Morgan fingerprint density at radius 3 is 2.05 bits per heavy atom. The Labute approximate surface area is 248 Å². The van der Waals surface area contributed by atoms with E-state index in [-0.39, 0.29) is 26.5 Å². The number of halogens is 2. The average molecular weight is 610 g/mol. The first-order valence-electron chi connectivity index (χ1n) is 12.4. The van der Waals surface area contributed by atoms with Crippen molar-refractivity contribution >= 4 is 62.1 Å². The van der Waals surface area contributed by atoms with Gasteiger partial charge < -0.3 is 5.32 Å². The van der Waals surface area contributed by atoms with E-state index in [9.17, 15) is 18.0 Å². The van der Waals surface area contributed by atoms with Gasteiger partial charge in [0.15, 0.2) is 0 Å². The molecule has 0 bridgehead atoms. The van der Waals surface area contributed by atoms with Crippen molar-refractivity contribution in [1.82, 2.24) is 5.43 Å². The predicted molar refractivity (Wildman–Crippen MR) is 163 cm³/mol. The predicted octanol–water partition coefficient (Wildman–Crippen LogP) is 6.29. The van der Waals surface area contributed by atoms with Gasteiger partial charge in [0.2, 0.25) is 0 Å². The largest absolute Gasteiger partial charge is 0.322 e. The van der Waals surface area contributed by atoms with Crippen LogP contribution in [-0.4, -0.2) is 32.5 Å². The van der Waals surface area contributed by atoms with Gasteiger partial charge in [0.25, 0.3) is 21.8 Å². The third-order valence-corrected chi connectivity index (χ3v) is 8.20. The number of carbonyl (C=O) groups excluding carboxylic acids is 2. The topological polar surface area (TPSA) is 108 Å². The number of rotatable bonds is 9. The summed E-state index contributed by atoms with van der Waals surface area (Å²) in [4.78, 5) is 25.3. The number of amides is 2. The van der Waals surface area contributed by atoms with Gasteiger partial charge in [0.1, 0.15) is 6.54 Å². The molecule has 0 heterocycles. The number of aryl methyl sites for hydroxylation is 1. The summed E-state index contributed by atoms with van der Waals surface area (Å²) >= 11 is 12.3. The van der Waals surface area contributed by atoms with E-state index >= 15 is 0 Å². The molecule has 2 amide bonds. The molecule has 4 aromatic rings. The highest BCUT2D eigenvalue weighted by Crippen LogP contribution is 2.29. The Kier molecular flexibility index (Phi) is 9.44. The maximum absolute atomic E-state index is 13.6. The van der Waals surface area contributed by atoms with E-state index in [4.69, 9.17) is 23.2 Å². The molecular weight excluding hydrogens is 583 g/mol. The third-order valence-electron chi connectivity index (χ3n) is 5.98. The zero-order chi connectivity index (χ0) is 29.6. The molecule has 8 nitrogen and oxygen atoms in total. The molecule has 0 atom stereocenters. The summed E-state index contributed by atoms with van der Waals surface area (Å²) in [7, 11) is -4.15. The van der Waals surface area contributed by atoms with E-state index < -0.39 is 22.5 Å². The van der Waals surface area contributed by atoms with Crippen molar-refractivity contribution in [3.05, 3.63) is 124 Å². The van der Waals surface area contributed by atoms with Gasteiger partial charge in [-0.1, -0.05) is 71.2 Å². The summed E-state index contributed by atoms with van der Waals surface area (Å²) in [6.07, 6.45) is 0. The Hall–Kier alpha value is -4.18. The lowest BCUT2D eigenvalue weighted by molar-refractivity contribution is -0.119. The molecule has 0 unspecified atom stereocenters. The fraction of sp³-hybridized carbons (Fsp3) is 0.100. The molecule has 11 heteroatoms. The van der Waals surface area contributed by atoms with Crippen molar-refractivity contribution in [3.8, 4) is 0 Å². The summed E-state index contributed by atoms with van der Waals surface area (Å²) in [6.45, 7) is 2.95. The van der Waals surface area contributed by atoms with Crippen LogP contribution < -0.4 is 15.0 Å². The fourth-order valence-corrected chi connectivity index (χ4v) is 5.72. The minimum Gasteiger partial charge on any atom is -0.322 e. The van der Waals surface area contributed by atoms with Crippen LogP contribution in [0.15, 0.2) is 107 Å². The van der Waals surface area contributed by atoms with Crippen molar-refractivity contribution in [2.45, 2.75) is 18.7 Å². The molecule has 0 aliphatic carbocycles. The van der Waals surface area contributed by atoms with Crippen LogP contribution in [-0.2, 0) is 14.8 Å². The molecule has 0 saturated carbocycles. The highest BCUT2D eigenvalue weighted by atomic mass is 35.5. The molecule has 210 valence electrons. The highest BCUT2D eigenvalue weighted by molar-refractivity contribution is 7.92. The van der Waals surface area contributed by atoms with E-state index in [1.807, 2.05) is 13.0 Å². The van der Waals surface area contributed by atoms with Crippen molar-refractivity contribution < 1.29 is 18.0 Å². The molecule has 0 radical (unpaired) electrons. The van der Waals surface area contributed by atoms with E-state index in [1.54, 1.807) is 67.6 Å². The minimum atomic E-state index is -4.15. The monoisotopic (exact) mass is 608 g/mol. The van der Waals surface area contributed by atoms with E-state index in [0.29, 0.717) is 22.5 Å². The van der Waals surface area contributed by atoms with Crippen LogP contribution in [0.4, 0.5) is 11.4 Å². The van der Waals surface area contributed by atoms with Gasteiger partial charge in [-0.05, 0) is 74.0 Å². The number of carbonyl (C=O) groups is 2. The Bertz CT molecular complexity index is 1670. The first-order chi connectivity index (χ1) is 19.5. The molecule has 4 aromatic carbocycles. The molecular formula is C30H26Cl2N4O4S. The van der Waals surface area contributed by atoms with Crippen LogP contribution >= 0.6 is 23.2 Å². The van der Waals surface area contributed by atoms with Crippen LogP contribution in [0.2, 0.25) is 10.0 Å². The van der Waals surface area contributed by atoms with Crippen molar-refractivity contribution in [2.24, 2.45) is 5.10 Å². The molecule has 4 rings (SSSR count). The van der Waals surface area contributed by atoms with Crippen molar-refractivity contribution in [3.63, 3.8) is 0 Å². The van der Waals surface area contributed by atoms with Crippen LogP contribution in [0.5, 0.6) is 0 Å². The van der Waals surface area contributed by atoms with E-state index in [1.165, 1.54) is 30.3 Å². The first kappa shape index (κ1) is 29.8. The number of sulfonamides is 1. The standard InChI is InChI=1S/C30H26Cl2N4O4S/c1-20-8-14-28(15-9-20)41(39,40)36(27-17-24(31)16-25(32)18-27)19-29(37)35-34-21(2)22-10-12-26(13-11-22)33-30(38)23-6-4-3-5-7-23/h3-18H,19H2,1-2H3,(H,33,38)(H,35,37)/b34-21-. The number of benzene rings is 4. The SMILES string of the molecule is C/C(=N/NC(=O)CN(c1cc(Cl)cc(Cl)c1)S(=O)(=O)c1ccc(C)cc1)c1ccc(NC(=O)c2ccccc2)cc1. The highest BCUT2D eigenvalue weighted by Gasteiger charge is 2.28. The summed E-state index contributed by atoms with van der Waals surface area (Å²) < 4.78 is 28.0. The second-order valence-electron chi connectivity index (χ2n) is 9.08. The molecule has 0 spiro atoms. The number of hydrogen-bond acceptors (Lipinski definition) is 5. The number of anilines is 2. The fourth-order valence-electron chi connectivity index (χ4n) is 3.80. The molecule has 0 fully saturated rings. The molecule has 2 N–H and O–H groups in total. The Morgan fingerprint density at radius 2 is 1.44 bits per heavy atom. The number of hydrogen-bond donors (Lipinski definition) is 2. The first-order valence-corrected chi connectivity index (χ1v) is 14.6. The van der Waals surface area contributed by atoms with Crippen molar-refractivity contribution in [1.29, 1.82) is 0 Å². The van der Waals surface area contributed by atoms with Gasteiger partial charge >= 0.3 is 0 Å². The normalized spacial score (nSPS) is 11.6. The third kappa shape index (κ3) is 7.73. The molecule has 0 aliphatic rings. The smallest absolute Gasteiger partial charge is 0.264 e.